The van der Waals surface area contributed by atoms with E-state index in [2.05, 4.69) is 5.32 Å². The molecule has 0 aromatic rings. The molecule has 0 heterocycles. The van der Waals surface area contributed by atoms with Crippen LogP contribution in [0.3, 0.4) is 0 Å². The molecule has 0 bridgehead atoms. The normalized spacial score (nSPS) is 11.9. The van der Waals surface area contributed by atoms with E-state index in [4.69, 9.17) is 10.2 Å². The van der Waals surface area contributed by atoms with Gasteiger partial charge in [-0.15, -0.1) is 0 Å². The minimum absolute atomic E-state index is 0.0648. The Morgan fingerprint density at radius 3 is 2.29 bits per heavy atom. The predicted molar refractivity (Wildman–Crippen MR) is 53.6 cm³/mol. The highest BCUT2D eigenvalue weighted by atomic mass is 16.5. The number of aliphatic hydroxyl groups is 2. The Morgan fingerprint density at radius 1 is 1.43 bits per heavy atom. The van der Waals surface area contributed by atoms with Crippen LogP contribution in [0.25, 0.3) is 0 Å². The Labute approximate surface area is 84.7 Å². The second kappa shape index (κ2) is 5.29. The van der Waals surface area contributed by atoms with Crippen molar-refractivity contribution < 1.29 is 15.0 Å². The minimum Gasteiger partial charge on any atom is -0.367 e. The van der Waals surface area contributed by atoms with Crippen molar-refractivity contribution in [3.8, 4) is 0 Å². The van der Waals surface area contributed by atoms with E-state index in [0.717, 1.165) is 0 Å². The Kier molecular flexibility index (Phi) is 5.04. The van der Waals surface area contributed by atoms with Crippen molar-refractivity contribution in [1.82, 2.24) is 10.2 Å². The van der Waals surface area contributed by atoms with E-state index in [0.29, 0.717) is 0 Å². The van der Waals surface area contributed by atoms with Crippen molar-refractivity contribution in [2.45, 2.75) is 32.6 Å². The Balaban J connectivity index is 3.85. The molecule has 0 aliphatic carbocycles. The zero-order chi connectivity index (χ0) is 11.4. The Bertz CT molecular complexity index is 187. The number of carbonyl (C=O) groups excluding carboxylic acids is 1. The van der Waals surface area contributed by atoms with Crippen LogP contribution in [0.4, 0.5) is 0 Å². The maximum Gasteiger partial charge on any atom is 0.236 e. The van der Waals surface area contributed by atoms with Gasteiger partial charge in [-0.2, -0.15) is 0 Å². The molecule has 0 saturated heterocycles. The lowest BCUT2D eigenvalue weighted by molar-refractivity contribution is -0.135. The van der Waals surface area contributed by atoms with Gasteiger partial charge in [-0.3, -0.25) is 4.79 Å². The molecule has 0 radical (unpaired) electrons. The van der Waals surface area contributed by atoms with Gasteiger partial charge >= 0.3 is 0 Å². The fourth-order valence-electron chi connectivity index (χ4n) is 0.823. The lowest BCUT2D eigenvalue weighted by Gasteiger charge is -2.23. The summed E-state index contributed by atoms with van der Waals surface area (Å²) in [7, 11) is 1.53. The lowest BCUT2D eigenvalue weighted by atomic mass is 10.1. The third kappa shape index (κ3) is 6.82. The molecule has 0 fully saturated rings. The summed E-state index contributed by atoms with van der Waals surface area (Å²) in [5.74, 6) is -0.159. The Hall–Kier alpha value is -0.650. The van der Waals surface area contributed by atoms with E-state index < -0.39 is 6.29 Å². The molecule has 5 heteroatoms. The maximum atomic E-state index is 11.4. The number of hydrogen-bond donors (Lipinski definition) is 3. The van der Waals surface area contributed by atoms with Gasteiger partial charge in [0, 0.05) is 12.6 Å². The van der Waals surface area contributed by atoms with Crippen molar-refractivity contribution in [3.05, 3.63) is 0 Å². The van der Waals surface area contributed by atoms with Gasteiger partial charge in [0.1, 0.15) is 0 Å². The second-order valence-electron chi connectivity index (χ2n) is 4.36. The fourth-order valence-corrected chi connectivity index (χ4v) is 0.823. The first-order valence-corrected chi connectivity index (χ1v) is 4.57. The average Bonchev–Trinajstić information content (AvgIpc) is 1.97. The molecule has 0 rings (SSSR count). The van der Waals surface area contributed by atoms with E-state index in [9.17, 15) is 4.79 Å². The zero-order valence-corrected chi connectivity index (χ0v) is 9.24. The van der Waals surface area contributed by atoms with Crippen LogP contribution in [0.5, 0.6) is 0 Å². The van der Waals surface area contributed by atoms with Gasteiger partial charge in [-0.25, -0.2) is 0 Å². The van der Waals surface area contributed by atoms with E-state index in [1.165, 1.54) is 11.9 Å². The van der Waals surface area contributed by atoms with Gasteiger partial charge in [-0.1, -0.05) is 0 Å². The second-order valence-corrected chi connectivity index (χ2v) is 4.36. The molecule has 0 spiro atoms. The third-order valence-electron chi connectivity index (χ3n) is 1.63. The molecule has 0 atom stereocenters. The average molecular weight is 204 g/mol. The van der Waals surface area contributed by atoms with E-state index in [1.54, 1.807) is 0 Å². The number of hydrogen-bond acceptors (Lipinski definition) is 4. The number of rotatable bonds is 4. The first kappa shape index (κ1) is 13.4. The van der Waals surface area contributed by atoms with Crippen LogP contribution >= 0.6 is 0 Å². The van der Waals surface area contributed by atoms with Crippen molar-refractivity contribution >= 4 is 5.91 Å². The zero-order valence-electron chi connectivity index (χ0n) is 9.24. The number of nitrogens with one attached hydrogen (secondary N) is 1. The third-order valence-corrected chi connectivity index (χ3v) is 1.63. The summed E-state index contributed by atoms with van der Waals surface area (Å²) in [5.41, 5.74) is -0.117. The van der Waals surface area contributed by atoms with Crippen molar-refractivity contribution in [3.63, 3.8) is 0 Å². The lowest BCUT2D eigenvalue weighted by Crippen LogP contribution is -2.45. The molecule has 84 valence electrons. The van der Waals surface area contributed by atoms with Crippen LogP contribution in [0.1, 0.15) is 20.8 Å². The largest absolute Gasteiger partial charge is 0.367 e. The van der Waals surface area contributed by atoms with Crippen LogP contribution in [-0.2, 0) is 4.79 Å². The minimum atomic E-state index is -1.47. The van der Waals surface area contributed by atoms with E-state index in [1.807, 2.05) is 20.8 Å². The van der Waals surface area contributed by atoms with Crippen LogP contribution in [0.15, 0.2) is 0 Å². The van der Waals surface area contributed by atoms with Crippen LogP contribution in [0, 0.1) is 0 Å². The first-order chi connectivity index (χ1) is 6.22. The van der Waals surface area contributed by atoms with Crippen LogP contribution in [-0.4, -0.2) is 53.0 Å². The topological polar surface area (TPSA) is 72.8 Å². The summed E-state index contributed by atoms with van der Waals surface area (Å²) in [5, 5.41) is 20.3. The van der Waals surface area contributed by atoms with Crippen molar-refractivity contribution in [1.29, 1.82) is 0 Å². The quantitative estimate of drug-likeness (QED) is 0.521. The van der Waals surface area contributed by atoms with Crippen LogP contribution < -0.4 is 5.32 Å². The first-order valence-electron chi connectivity index (χ1n) is 4.57. The molecule has 0 unspecified atom stereocenters. The molecule has 0 aliphatic rings. The van der Waals surface area contributed by atoms with Crippen LogP contribution in [0.2, 0.25) is 0 Å². The molecular formula is C9H20N2O3. The van der Waals surface area contributed by atoms with Gasteiger partial charge in [0.15, 0.2) is 6.29 Å². The number of carbonyl (C=O) groups is 1. The summed E-state index contributed by atoms with van der Waals surface area (Å²) >= 11 is 0. The highest BCUT2D eigenvalue weighted by Crippen LogP contribution is 1.98. The summed E-state index contributed by atoms with van der Waals surface area (Å²) in [6.07, 6.45) is -1.47. The molecular weight excluding hydrogens is 184 g/mol. The highest BCUT2D eigenvalue weighted by Gasteiger charge is 2.15. The molecule has 0 aliphatic heterocycles. The summed E-state index contributed by atoms with van der Waals surface area (Å²) in [4.78, 5) is 12.6. The van der Waals surface area contributed by atoms with Gasteiger partial charge in [0.25, 0.3) is 0 Å². The molecule has 0 aromatic carbocycles. The smallest absolute Gasteiger partial charge is 0.236 e. The van der Waals surface area contributed by atoms with E-state index >= 15 is 0 Å². The maximum absolute atomic E-state index is 11.4. The van der Waals surface area contributed by atoms with Gasteiger partial charge in [-0.05, 0) is 20.8 Å². The van der Waals surface area contributed by atoms with Crippen molar-refractivity contribution in [2.75, 3.05) is 20.1 Å². The van der Waals surface area contributed by atoms with Gasteiger partial charge in [0.2, 0.25) is 5.91 Å². The molecule has 0 aromatic heterocycles. The molecule has 14 heavy (non-hydrogen) atoms. The molecule has 0 saturated carbocycles. The van der Waals surface area contributed by atoms with E-state index in [-0.39, 0.29) is 24.5 Å². The van der Waals surface area contributed by atoms with Gasteiger partial charge in [0.05, 0.1) is 13.1 Å². The van der Waals surface area contributed by atoms with Crippen molar-refractivity contribution in [2.24, 2.45) is 0 Å². The SMILES string of the molecule is CN(CC(O)O)C(=O)CNC(C)(C)C. The number of amides is 1. The molecule has 1 amide bonds. The summed E-state index contributed by atoms with van der Waals surface area (Å²) < 4.78 is 0. The monoisotopic (exact) mass is 204 g/mol. The molecule has 3 N–H and O–H groups in total. The standard InChI is InChI=1S/C9H20N2O3/c1-9(2,3)10-5-7(12)11(4)6-8(13)14/h8,10,13-14H,5-6H2,1-4H3. The number of likely N-dealkylation sites (N-methyl/N-ethyl adjacent to an activating group) is 1. The fraction of sp³-hybridized carbons (Fsp3) is 0.889. The van der Waals surface area contributed by atoms with Gasteiger partial charge < -0.3 is 20.4 Å². The molecule has 5 nitrogen and oxygen atoms in total. The number of nitrogens with zero attached hydrogens (tertiary/aromatic N) is 1. The summed E-state index contributed by atoms with van der Waals surface area (Å²) in [6, 6.07) is 0. The number of aliphatic hydroxyl groups excluding tert-OH is 1. The summed E-state index contributed by atoms with van der Waals surface area (Å²) in [6.45, 7) is 6.01. The predicted octanol–water partition coefficient (Wildman–Crippen LogP) is -0.856. The highest BCUT2D eigenvalue weighted by molar-refractivity contribution is 5.78. The Morgan fingerprint density at radius 2 is 1.93 bits per heavy atom.